The van der Waals surface area contributed by atoms with E-state index in [-0.39, 0.29) is 0 Å². The molecule has 114 valence electrons. The first-order valence-electron chi connectivity index (χ1n) is 5.93. The lowest BCUT2D eigenvalue weighted by molar-refractivity contribution is -0.484. The molecule has 21 heavy (non-hydrogen) atoms. The van der Waals surface area contributed by atoms with Gasteiger partial charge in [-0.05, 0) is 17.7 Å². The normalized spacial score (nSPS) is 11.8. The topological polar surface area (TPSA) is 95.7 Å². The zero-order valence-corrected chi connectivity index (χ0v) is 13.0. The van der Waals surface area contributed by atoms with Gasteiger partial charge in [-0.15, -0.1) is 0 Å². The second-order valence-corrected chi connectivity index (χ2v) is 5.11. The van der Waals surface area contributed by atoms with Crippen LogP contribution < -0.4 is 0 Å². The van der Waals surface area contributed by atoms with Gasteiger partial charge in [-0.25, -0.2) is 0 Å². The fourth-order valence-corrected chi connectivity index (χ4v) is 2.22. The van der Waals surface area contributed by atoms with Crippen LogP contribution in [0.25, 0.3) is 0 Å². The molecule has 1 aromatic rings. The largest absolute Gasteiger partial charge is 0.468 e. The predicted molar refractivity (Wildman–Crippen MR) is 76.3 cm³/mol. The molecule has 7 nitrogen and oxygen atoms in total. The molecule has 0 aliphatic heterocycles. The standard InChI is InChI=1S/C13H14BrNO6/c1-20-12(16)11(13(17)21-2)10(7-15(18)19)8-3-5-9(14)6-4-8/h3-6,10-11H,7H2,1-2H3/t10-/m1/s1. The molecular formula is C13H14BrNO6. The van der Waals surface area contributed by atoms with Crippen molar-refractivity contribution in [2.24, 2.45) is 5.92 Å². The molecule has 0 amide bonds. The Morgan fingerprint density at radius 1 is 1.19 bits per heavy atom. The maximum atomic E-state index is 11.8. The van der Waals surface area contributed by atoms with Crippen molar-refractivity contribution in [2.75, 3.05) is 20.8 Å². The van der Waals surface area contributed by atoms with Crippen molar-refractivity contribution in [1.82, 2.24) is 0 Å². The summed E-state index contributed by atoms with van der Waals surface area (Å²) in [6, 6.07) is 6.57. The Balaban J connectivity index is 3.25. The summed E-state index contributed by atoms with van der Waals surface area (Å²) in [5, 5.41) is 10.9. The maximum Gasteiger partial charge on any atom is 0.320 e. The summed E-state index contributed by atoms with van der Waals surface area (Å²) in [4.78, 5) is 33.9. The van der Waals surface area contributed by atoms with Gasteiger partial charge >= 0.3 is 11.9 Å². The zero-order valence-electron chi connectivity index (χ0n) is 11.4. The number of nitrogens with zero attached hydrogens (tertiary/aromatic N) is 1. The molecular weight excluding hydrogens is 346 g/mol. The Morgan fingerprint density at radius 2 is 1.67 bits per heavy atom. The van der Waals surface area contributed by atoms with Crippen molar-refractivity contribution in [2.45, 2.75) is 5.92 Å². The number of hydrogen-bond donors (Lipinski definition) is 0. The molecule has 0 fully saturated rings. The van der Waals surface area contributed by atoms with E-state index in [1.165, 1.54) is 0 Å². The van der Waals surface area contributed by atoms with Gasteiger partial charge < -0.3 is 9.47 Å². The third-order valence-electron chi connectivity index (χ3n) is 2.96. The third kappa shape index (κ3) is 4.52. The summed E-state index contributed by atoms with van der Waals surface area (Å²) < 4.78 is 9.92. The van der Waals surface area contributed by atoms with E-state index < -0.39 is 35.2 Å². The van der Waals surface area contributed by atoms with Crippen LogP contribution in [0.15, 0.2) is 28.7 Å². The van der Waals surface area contributed by atoms with E-state index in [0.717, 1.165) is 18.7 Å². The van der Waals surface area contributed by atoms with Crippen LogP contribution in [0, 0.1) is 16.0 Å². The molecule has 0 N–H and O–H groups in total. The number of carbonyl (C=O) groups excluding carboxylic acids is 2. The molecule has 0 heterocycles. The lowest BCUT2D eigenvalue weighted by Gasteiger charge is -2.20. The van der Waals surface area contributed by atoms with Gasteiger partial charge in [0.2, 0.25) is 6.54 Å². The Hall–Kier alpha value is -1.96. The van der Waals surface area contributed by atoms with Crippen molar-refractivity contribution in [1.29, 1.82) is 0 Å². The fraction of sp³-hybridized carbons (Fsp3) is 0.385. The SMILES string of the molecule is COC(=O)C(C(=O)OC)[C@H](C[N+](=O)[O-])c1ccc(Br)cc1. The summed E-state index contributed by atoms with van der Waals surface area (Å²) in [6.45, 7) is -0.587. The predicted octanol–water partition coefficient (Wildman–Crippen LogP) is 1.77. The van der Waals surface area contributed by atoms with Crippen LogP contribution in [0.5, 0.6) is 0 Å². The third-order valence-corrected chi connectivity index (χ3v) is 3.49. The number of hydrogen-bond acceptors (Lipinski definition) is 6. The van der Waals surface area contributed by atoms with Crippen molar-refractivity contribution in [3.8, 4) is 0 Å². The highest BCUT2D eigenvalue weighted by Gasteiger charge is 2.40. The molecule has 0 saturated carbocycles. The molecule has 0 aliphatic rings. The Morgan fingerprint density at radius 3 is 2.05 bits per heavy atom. The minimum atomic E-state index is -1.38. The van der Waals surface area contributed by atoms with E-state index in [1.54, 1.807) is 24.3 Å². The van der Waals surface area contributed by atoms with Gasteiger partial charge in [0.05, 0.1) is 20.1 Å². The van der Waals surface area contributed by atoms with Gasteiger partial charge in [0, 0.05) is 9.40 Å². The fourth-order valence-electron chi connectivity index (χ4n) is 1.95. The molecule has 1 rings (SSSR count). The molecule has 0 aromatic heterocycles. The summed E-state index contributed by atoms with van der Waals surface area (Å²) in [6.07, 6.45) is 0. The van der Waals surface area contributed by atoms with Gasteiger partial charge in [0.25, 0.3) is 0 Å². The highest BCUT2D eigenvalue weighted by molar-refractivity contribution is 9.10. The van der Waals surface area contributed by atoms with Crippen LogP contribution in [0.4, 0.5) is 0 Å². The first-order valence-corrected chi connectivity index (χ1v) is 6.73. The second-order valence-electron chi connectivity index (χ2n) is 4.20. The Labute approximate surface area is 129 Å². The van der Waals surface area contributed by atoms with Crippen molar-refractivity contribution < 1.29 is 24.0 Å². The molecule has 1 atom stereocenters. The number of ether oxygens (including phenoxy) is 2. The van der Waals surface area contributed by atoms with E-state index >= 15 is 0 Å². The summed E-state index contributed by atoms with van der Waals surface area (Å²) in [7, 11) is 2.23. The van der Waals surface area contributed by atoms with E-state index in [9.17, 15) is 19.7 Å². The molecule has 0 aliphatic carbocycles. The summed E-state index contributed by atoms with van der Waals surface area (Å²) in [5.41, 5.74) is 0.482. The van der Waals surface area contributed by atoms with Gasteiger partial charge in [0.1, 0.15) is 0 Å². The van der Waals surface area contributed by atoms with Crippen LogP contribution in [0.3, 0.4) is 0 Å². The second kappa shape index (κ2) is 7.72. The Bertz CT molecular complexity index is 514. The minimum Gasteiger partial charge on any atom is -0.468 e. The first kappa shape index (κ1) is 17.1. The monoisotopic (exact) mass is 359 g/mol. The summed E-state index contributed by atoms with van der Waals surface area (Å²) >= 11 is 3.25. The zero-order chi connectivity index (χ0) is 16.0. The molecule has 0 radical (unpaired) electrons. The molecule has 0 unspecified atom stereocenters. The van der Waals surface area contributed by atoms with E-state index in [2.05, 4.69) is 25.4 Å². The number of nitro groups is 1. The van der Waals surface area contributed by atoms with Crippen LogP contribution >= 0.6 is 15.9 Å². The van der Waals surface area contributed by atoms with Crippen LogP contribution in [0.1, 0.15) is 11.5 Å². The number of benzene rings is 1. The molecule has 0 bridgehead atoms. The van der Waals surface area contributed by atoms with Crippen molar-refractivity contribution in [3.05, 3.63) is 44.4 Å². The van der Waals surface area contributed by atoms with Crippen LogP contribution in [-0.4, -0.2) is 37.6 Å². The smallest absolute Gasteiger partial charge is 0.320 e. The Kier molecular flexibility index (Phi) is 6.29. The van der Waals surface area contributed by atoms with Crippen molar-refractivity contribution >= 4 is 27.9 Å². The number of rotatable bonds is 6. The van der Waals surface area contributed by atoms with Crippen LogP contribution in [0.2, 0.25) is 0 Å². The molecule has 0 spiro atoms. The van der Waals surface area contributed by atoms with Gasteiger partial charge in [-0.1, -0.05) is 28.1 Å². The molecule has 8 heteroatoms. The number of halogens is 1. The highest BCUT2D eigenvalue weighted by atomic mass is 79.9. The minimum absolute atomic E-state index is 0.482. The molecule has 1 aromatic carbocycles. The molecule has 0 saturated heterocycles. The average Bonchev–Trinajstić information content (AvgIpc) is 2.46. The van der Waals surface area contributed by atoms with Crippen LogP contribution in [-0.2, 0) is 19.1 Å². The average molecular weight is 360 g/mol. The van der Waals surface area contributed by atoms with E-state index in [1.807, 2.05) is 0 Å². The number of esters is 2. The summed E-state index contributed by atoms with van der Waals surface area (Å²) in [5.74, 6) is -4.08. The van der Waals surface area contributed by atoms with Gasteiger partial charge in [-0.3, -0.25) is 19.7 Å². The quantitative estimate of drug-likeness (QED) is 0.332. The van der Waals surface area contributed by atoms with E-state index in [0.29, 0.717) is 5.56 Å². The lowest BCUT2D eigenvalue weighted by Crippen LogP contribution is -2.35. The lowest BCUT2D eigenvalue weighted by atomic mass is 9.86. The first-order chi connectivity index (χ1) is 9.90. The highest BCUT2D eigenvalue weighted by Crippen LogP contribution is 2.28. The van der Waals surface area contributed by atoms with Gasteiger partial charge in [0.15, 0.2) is 5.92 Å². The number of carbonyl (C=O) groups is 2. The maximum absolute atomic E-state index is 11.8. The number of methoxy groups -OCH3 is 2. The van der Waals surface area contributed by atoms with Crippen molar-refractivity contribution in [3.63, 3.8) is 0 Å². The van der Waals surface area contributed by atoms with Gasteiger partial charge in [-0.2, -0.15) is 0 Å². The van der Waals surface area contributed by atoms with E-state index in [4.69, 9.17) is 0 Å².